The lowest BCUT2D eigenvalue weighted by molar-refractivity contribution is 0.731. The van der Waals surface area contributed by atoms with Gasteiger partial charge < -0.3 is 0 Å². The van der Waals surface area contributed by atoms with Crippen LogP contribution in [0.15, 0.2) is 34.4 Å². The molecule has 0 heterocycles. The molecule has 1 fully saturated rings. The summed E-state index contributed by atoms with van der Waals surface area (Å²) in [4.78, 5) is 0. The summed E-state index contributed by atoms with van der Waals surface area (Å²) in [6.45, 7) is 8.97. The van der Waals surface area contributed by atoms with Gasteiger partial charge in [0.2, 0.25) is 0 Å². The van der Waals surface area contributed by atoms with E-state index < -0.39 is 0 Å². The average Bonchev–Trinajstić information content (AvgIpc) is 2.60. The molecule has 2 aliphatic rings. The maximum Gasteiger partial charge on any atom is 0.00292 e. The van der Waals surface area contributed by atoms with Crippen LogP contribution in [0.2, 0.25) is 0 Å². The summed E-state index contributed by atoms with van der Waals surface area (Å²) in [5.41, 5.74) is 6.28. The van der Waals surface area contributed by atoms with Gasteiger partial charge in [0.15, 0.2) is 0 Å². The van der Waals surface area contributed by atoms with Crippen molar-refractivity contribution in [2.24, 2.45) is 11.8 Å². The molecule has 0 radical (unpaired) electrons. The molecule has 13 heavy (non-hydrogen) atoms. The monoisotopic (exact) mass is 174 g/mol. The maximum absolute atomic E-state index is 2.39. The zero-order chi connectivity index (χ0) is 9.59. The van der Waals surface area contributed by atoms with Gasteiger partial charge in [-0.1, -0.05) is 23.3 Å². The van der Waals surface area contributed by atoms with Gasteiger partial charge in [-0.2, -0.15) is 0 Å². The normalized spacial score (nSPS) is 30.2. The van der Waals surface area contributed by atoms with Crippen LogP contribution in [0.25, 0.3) is 0 Å². The van der Waals surface area contributed by atoms with Gasteiger partial charge in [0.05, 0.1) is 0 Å². The first-order valence-corrected chi connectivity index (χ1v) is 5.14. The second-order valence-electron chi connectivity index (χ2n) is 4.66. The highest BCUT2D eigenvalue weighted by atomic mass is 14.4. The SMILES string of the molecule is CC(C)=C1C(=C(C)C)C2C=CC1C2. The minimum Gasteiger partial charge on any atom is -0.0804 e. The fourth-order valence-electron chi connectivity index (χ4n) is 2.81. The van der Waals surface area contributed by atoms with Crippen LogP contribution in [0.5, 0.6) is 0 Å². The summed E-state index contributed by atoms with van der Waals surface area (Å²) >= 11 is 0. The molecule has 70 valence electrons. The van der Waals surface area contributed by atoms with Crippen LogP contribution in [0, 0.1) is 11.8 Å². The van der Waals surface area contributed by atoms with Crippen LogP contribution >= 0.6 is 0 Å². The lowest BCUT2D eigenvalue weighted by Gasteiger charge is -2.16. The predicted octanol–water partition coefficient (Wildman–Crippen LogP) is 3.87. The van der Waals surface area contributed by atoms with Crippen LogP contribution in [-0.4, -0.2) is 0 Å². The summed E-state index contributed by atoms with van der Waals surface area (Å²) in [6, 6.07) is 0. The van der Waals surface area contributed by atoms with Crippen LogP contribution in [0.3, 0.4) is 0 Å². The van der Waals surface area contributed by atoms with Gasteiger partial charge in [-0.25, -0.2) is 0 Å². The minimum absolute atomic E-state index is 0.736. The molecule has 1 saturated carbocycles. The topological polar surface area (TPSA) is 0 Å². The molecular formula is C13H18. The Hall–Kier alpha value is -0.780. The second kappa shape index (κ2) is 2.87. The number of hydrogen-bond acceptors (Lipinski definition) is 0. The van der Waals surface area contributed by atoms with Crippen molar-refractivity contribution in [3.63, 3.8) is 0 Å². The highest BCUT2D eigenvalue weighted by molar-refractivity contribution is 5.51. The molecule has 0 N–H and O–H groups in total. The summed E-state index contributed by atoms with van der Waals surface area (Å²) in [7, 11) is 0. The van der Waals surface area contributed by atoms with Crippen LogP contribution in [0.4, 0.5) is 0 Å². The van der Waals surface area contributed by atoms with E-state index in [9.17, 15) is 0 Å². The molecular weight excluding hydrogens is 156 g/mol. The van der Waals surface area contributed by atoms with Gasteiger partial charge in [0, 0.05) is 11.8 Å². The molecule has 0 saturated heterocycles. The van der Waals surface area contributed by atoms with Gasteiger partial charge in [-0.05, 0) is 45.3 Å². The quantitative estimate of drug-likeness (QED) is 0.489. The first-order valence-electron chi connectivity index (χ1n) is 5.14. The van der Waals surface area contributed by atoms with Crippen molar-refractivity contribution in [2.75, 3.05) is 0 Å². The molecule has 0 aromatic rings. The number of rotatable bonds is 0. The molecule has 2 rings (SSSR count). The Kier molecular flexibility index (Phi) is 1.94. The molecule has 0 aliphatic heterocycles. The lowest BCUT2D eigenvalue weighted by atomic mass is 9.89. The van der Waals surface area contributed by atoms with E-state index >= 15 is 0 Å². The zero-order valence-corrected chi connectivity index (χ0v) is 9.02. The van der Waals surface area contributed by atoms with Gasteiger partial charge >= 0.3 is 0 Å². The van der Waals surface area contributed by atoms with E-state index in [-0.39, 0.29) is 0 Å². The van der Waals surface area contributed by atoms with Gasteiger partial charge in [0.25, 0.3) is 0 Å². The molecule has 0 spiro atoms. The van der Waals surface area contributed by atoms with Gasteiger partial charge in [-0.3, -0.25) is 0 Å². The van der Waals surface area contributed by atoms with Crippen molar-refractivity contribution < 1.29 is 0 Å². The highest BCUT2D eigenvalue weighted by Crippen LogP contribution is 2.49. The van der Waals surface area contributed by atoms with Crippen molar-refractivity contribution in [1.82, 2.24) is 0 Å². The summed E-state index contributed by atoms with van der Waals surface area (Å²) in [6.07, 6.45) is 6.11. The van der Waals surface area contributed by atoms with Gasteiger partial charge in [0.1, 0.15) is 0 Å². The van der Waals surface area contributed by atoms with Crippen molar-refractivity contribution >= 4 is 0 Å². The third kappa shape index (κ3) is 1.20. The van der Waals surface area contributed by atoms with Crippen molar-refractivity contribution in [1.29, 1.82) is 0 Å². The number of allylic oxidation sites excluding steroid dienone is 6. The summed E-state index contributed by atoms with van der Waals surface area (Å²) < 4.78 is 0. The van der Waals surface area contributed by atoms with Crippen molar-refractivity contribution in [3.05, 3.63) is 34.4 Å². The van der Waals surface area contributed by atoms with Crippen molar-refractivity contribution in [2.45, 2.75) is 34.1 Å². The molecule has 2 unspecified atom stereocenters. The molecule has 2 aliphatic carbocycles. The Morgan fingerprint density at radius 1 is 0.923 bits per heavy atom. The van der Waals surface area contributed by atoms with E-state index in [1.54, 1.807) is 11.1 Å². The molecule has 0 nitrogen and oxygen atoms in total. The lowest BCUT2D eigenvalue weighted by Crippen LogP contribution is -2.01. The molecule has 2 bridgehead atoms. The third-order valence-corrected chi connectivity index (χ3v) is 3.19. The number of hydrogen-bond donors (Lipinski definition) is 0. The third-order valence-electron chi connectivity index (χ3n) is 3.19. The fraction of sp³-hybridized carbons (Fsp3) is 0.538. The molecule has 0 amide bonds. The van der Waals surface area contributed by atoms with E-state index in [4.69, 9.17) is 0 Å². The first kappa shape index (κ1) is 8.80. The smallest absolute Gasteiger partial charge is 0.00292 e. The van der Waals surface area contributed by atoms with E-state index in [0.29, 0.717) is 0 Å². The maximum atomic E-state index is 2.39. The minimum atomic E-state index is 0.736. The molecule has 2 atom stereocenters. The van der Waals surface area contributed by atoms with Crippen LogP contribution in [-0.2, 0) is 0 Å². The Morgan fingerprint density at radius 3 is 1.62 bits per heavy atom. The van der Waals surface area contributed by atoms with Crippen LogP contribution < -0.4 is 0 Å². The van der Waals surface area contributed by atoms with E-state index in [2.05, 4.69) is 39.8 Å². The highest BCUT2D eigenvalue weighted by Gasteiger charge is 2.36. The Bertz CT molecular complexity index is 286. The van der Waals surface area contributed by atoms with E-state index in [0.717, 1.165) is 11.8 Å². The van der Waals surface area contributed by atoms with E-state index in [1.165, 1.54) is 17.6 Å². The van der Waals surface area contributed by atoms with Crippen LogP contribution in [0.1, 0.15) is 34.1 Å². The second-order valence-corrected chi connectivity index (χ2v) is 4.66. The average molecular weight is 174 g/mol. The summed E-state index contributed by atoms with van der Waals surface area (Å²) in [5, 5.41) is 0. The molecule has 0 aromatic heterocycles. The first-order chi connectivity index (χ1) is 6.11. The molecule has 0 aromatic carbocycles. The largest absolute Gasteiger partial charge is 0.0804 e. The van der Waals surface area contributed by atoms with E-state index in [1.807, 2.05) is 0 Å². The molecule has 0 heteroatoms. The number of fused-ring (bicyclic) bond motifs is 2. The standard InChI is InChI=1S/C13H18/c1-8(2)12-10-5-6-11(7-10)13(12)9(3)4/h5-6,10-11H,7H2,1-4H3. The Labute approximate surface area is 81.0 Å². The summed E-state index contributed by atoms with van der Waals surface area (Å²) in [5.74, 6) is 1.47. The fourth-order valence-corrected chi connectivity index (χ4v) is 2.81. The zero-order valence-electron chi connectivity index (χ0n) is 9.02. The Morgan fingerprint density at radius 2 is 1.31 bits per heavy atom. The predicted molar refractivity (Wildman–Crippen MR) is 57.5 cm³/mol. The van der Waals surface area contributed by atoms with Crippen molar-refractivity contribution in [3.8, 4) is 0 Å². The van der Waals surface area contributed by atoms with Gasteiger partial charge in [-0.15, -0.1) is 0 Å². The Balaban J connectivity index is 2.56.